The predicted octanol–water partition coefficient (Wildman–Crippen LogP) is -3.73. The number of carboxylic acids is 3. The summed E-state index contributed by atoms with van der Waals surface area (Å²) < 4.78 is 34.3. The summed E-state index contributed by atoms with van der Waals surface area (Å²) in [5.41, 5.74) is -2.74. The Balaban J connectivity index is -0.000000150. The number of hydrogen-bond acceptors (Lipinski definition) is 8. The predicted molar refractivity (Wildman–Crippen MR) is 56.7 cm³/mol. The molecule has 11 nitrogen and oxygen atoms in total. The molecule has 0 rings (SSSR count). The van der Waals surface area contributed by atoms with E-state index in [0.717, 1.165) is 0 Å². The van der Waals surface area contributed by atoms with Crippen LogP contribution in [0, 0.1) is 0 Å². The molecule has 0 heterocycles. The maximum atomic E-state index is 10.3. The van der Waals surface area contributed by atoms with E-state index < -0.39 is 60.3 Å². The fraction of sp³-hybridized carbons (Fsp3) is 0.500. The van der Waals surface area contributed by atoms with Crippen LogP contribution >= 0.6 is 30.4 Å². The molecule has 0 aliphatic rings. The zero-order chi connectivity index (χ0) is 18.7. The second-order valence-electron chi connectivity index (χ2n) is 3.00. The summed E-state index contributed by atoms with van der Waals surface area (Å²) in [4.78, 5) is 30.5. The van der Waals surface area contributed by atoms with Gasteiger partial charge in [-0.15, -0.1) is 0 Å². The Kier molecular flexibility index (Phi) is 21.6. The van der Waals surface area contributed by atoms with Gasteiger partial charge in [-0.1, -0.05) is 0 Å². The van der Waals surface area contributed by atoms with Gasteiger partial charge in [-0.05, 0) is 0 Å². The second kappa shape index (κ2) is 15.5. The second-order valence-corrected chi connectivity index (χ2v) is 9.34. The topological polar surface area (TPSA) is 206 Å². The summed E-state index contributed by atoms with van der Waals surface area (Å²) in [6.07, 6.45) is -2.29. The van der Waals surface area contributed by atoms with Crippen molar-refractivity contribution in [2.75, 3.05) is 0 Å². The third-order valence-electron chi connectivity index (χ3n) is 1.29. The van der Waals surface area contributed by atoms with Crippen molar-refractivity contribution in [2.24, 2.45) is 0 Å². The van der Waals surface area contributed by atoms with Crippen molar-refractivity contribution in [3.8, 4) is 0 Å². The molecule has 0 amide bonds. The SMILES string of the molecule is O=C(O)CC(O)(CC(=O)O)C(=O)O.[Cl][Co]([Cl])[Cl].[K+].[O]=[Mn](=[O])(=[O])[O-]. The van der Waals surface area contributed by atoms with Crippen molar-refractivity contribution >= 4 is 48.3 Å². The zero-order valence-corrected chi connectivity index (χ0v) is 18.5. The Bertz CT molecular complexity index is 512. The van der Waals surface area contributed by atoms with E-state index in [2.05, 4.69) is 0 Å². The molecule has 0 spiro atoms. The summed E-state index contributed by atoms with van der Waals surface area (Å²) in [5, 5.41) is 33.8. The quantitative estimate of drug-likeness (QED) is 0.262. The van der Waals surface area contributed by atoms with E-state index in [4.69, 9.17) is 66.6 Å². The molecule has 0 saturated carbocycles. The first kappa shape index (κ1) is 32.0. The van der Waals surface area contributed by atoms with Crippen LogP contribution < -0.4 is 55.6 Å². The molecule has 0 atom stereocenters. The Labute approximate surface area is 190 Å². The molecule has 0 fully saturated rings. The van der Waals surface area contributed by atoms with E-state index in [1.165, 1.54) is 0 Å². The molecule has 0 aliphatic carbocycles. The van der Waals surface area contributed by atoms with Crippen molar-refractivity contribution in [3.05, 3.63) is 0 Å². The summed E-state index contributed by atoms with van der Waals surface area (Å²) in [6, 6.07) is 0. The molecule has 0 unspecified atom stereocenters. The molecular weight excluding hydrogens is 507 g/mol. The molecule has 136 valence electrons. The molecule has 23 heavy (non-hydrogen) atoms. The van der Waals surface area contributed by atoms with Gasteiger partial charge in [0, 0.05) is 0 Å². The fourth-order valence-electron chi connectivity index (χ4n) is 0.714. The minimum absolute atomic E-state index is 0. The Morgan fingerprint density at radius 1 is 0.957 bits per heavy atom. The minimum atomic E-state index is -5.62. The van der Waals surface area contributed by atoms with Crippen LogP contribution in [-0.2, 0) is 49.8 Å². The third kappa shape index (κ3) is 35.3. The van der Waals surface area contributed by atoms with Gasteiger partial charge in [-0.25, -0.2) is 4.79 Å². The number of hydrogen-bond donors (Lipinski definition) is 4. The van der Waals surface area contributed by atoms with Gasteiger partial charge in [-0.3, -0.25) is 9.59 Å². The summed E-state index contributed by atoms with van der Waals surface area (Å²) in [6.45, 7) is 0. The number of carbonyl (C=O) groups is 3. The summed E-state index contributed by atoms with van der Waals surface area (Å²) in [7, 11) is 13.4. The van der Waals surface area contributed by atoms with Crippen LogP contribution in [0.5, 0.6) is 0 Å². The number of halogens is 3. The van der Waals surface area contributed by atoms with Gasteiger partial charge in [0.15, 0.2) is 5.60 Å². The summed E-state index contributed by atoms with van der Waals surface area (Å²) in [5.74, 6) is -5.02. The molecular formula is C6H8Cl3CoKMnO11. The van der Waals surface area contributed by atoms with Crippen LogP contribution in [0.15, 0.2) is 0 Å². The number of carboxylic acid groups (broad SMARTS) is 3. The Morgan fingerprint density at radius 3 is 1.22 bits per heavy atom. The number of aliphatic carboxylic acids is 3. The normalized spacial score (nSPS) is 10.6. The van der Waals surface area contributed by atoms with Crippen molar-refractivity contribution in [1.29, 1.82) is 0 Å². The summed E-state index contributed by atoms with van der Waals surface area (Å²) >= 11 is -5.62. The third-order valence-corrected chi connectivity index (χ3v) is 1.29. The van der Waals surface area contributed by atoms with Crippen molar-refractivity contribution in [1.82, 2.24) is 0 Å². The van der Waals surface area contributed by atoms with Crippen LogP contribution in [0.4, 0.5) is 0 Å². The average molecular weight is 515 g/mol. The van der Waals surface area contributed by atoms with Gasteiger partial charge in [0.05, 0.1) is 12.8 Å². The molecule has 0 saturated heterocycles. The first-order valence-corrected chi connectivity index (χ1v) is 10.4. The molecule has 0 radical (unpaired) electrons. The van der Waals surface area contributed by atoms with Gasteiger partial charge in [-0.2, -0.15) is 0 Å². The van der Waals surface area contributed by atoms with Crippen molar-refractivity contribution in [3.63, 3.8) is 0 Å². The molecule has 0 aromatic carbocycles. The molecule has 0 aliphatic heterocycles. The van der Waals surface area contributed by atoms with Gasteiger partial charge in [0.25, 0.3) is 0 Å². The average Bonchev–Trinajstić information content (AvgIpc) is 2.09. The Morgan fingerprint density at radius 2 is 1.13 bits per heavy atom. The van der Waals surface area contributed by atoms with Crippen LogP contribution in [0.3, 0.4) is 0 Å². The first-order chi connectivity index (χ1) is 9.51. The fourth-order valence-corrected chi connectivity index (χ4v) is 0.714. The first-order valence-electron chi connectivity index (χ1n) is 4.17. The van der Waals surface area contributed by atoms with Gasteiger partial charge < -0.3 is 20.4 Å². The molecule has 4 N–H and O–H groups in total. The van der Waals surface area contributed by atoms with E-state index in [1.807, 2.05) is 0 Å². The zero-order valence-electron chi connectivity index (χ0n) is 10.9. The Hall–Kier alpha value is 1.26. The monoisotopic (exact) mass is 514 g/mol. The molecule has 0 aromatic rings. The number of aliphatic hydroxyl groups is 1. The van der Waals surface area contributed by atoms with Crippen LogP contribution in [0.25, 0.3) is 0 Å². The van der Waals surface area contributed by atoms with Gasteiger partial charge >= 0.3 is 139 Å². The van der Waals surface area contributed by atoms with Crippen molar-refractivity contribution < 1.29 is 126 Å². The van der Waals surface area contributed by atoms with E-state index in [1.54, 1.807) is 0 Å². The van der Waals surface area contributed by atoms with E-state index in [9.17, 15) is 14.4 Å². The van der Waals surface area contributed by atoms with Crippen LogP contribution in [-0.4, -0.2) is 43.9 Å². The van der Waals surface area contributed by atoms with Gasteiger partial charge in [0.1, 0.15) is 0 Å². The van der Waals surface area contributed by atoms with Crippen molar-refractivity contribution in [2.45, 2.75) is 18.4 Å². The van der Waals surface area contributed by atoms with E-state index in [0.29, 0.717) is 0 Å². The van der Waals surface area contributed by atoms with E-state index in [-0.39, 0.29) is 51.4 Å². The van der Waals surface area contributed by atoms with Crippen LogP contribution in [0.1, 0.15) is 12.8 Å². The molecule has 0 aromatic heterocycles. The van der Waals surface area contributed by atoms with E-state index >= 15 is 0 Å². The maximum absolute atomic E-state index is 10.3. The molecule has 0 bridgehead atoms. The molecule has 17 heteroatoms. The standard InChI is InChI=1S/C6H8O7.3ClH.Co.K.Mn.4O/c7-3(8)1-6(13,5(11)12)2-4(9)10;;;;;;;;;;/h13H,1-2H2,(H,7,8)(H,9,10)(H,11,12);3*1H;;;;;;;/q;;;;+3;+1;;;;;-1/p-3. The van der Waals surface area contributed by atoms with Gasteiger partial charge in [0.2, 0.25) is 0 Å². The van der Waals surface area contributed by atoms with Crippen LogP contribution in [0.2, 0.25) is 0 Å². The number of rotatable bonds is 5.